The zero-order chi connectivity index (χ0) is 14.5. The van der Waals surface area contributed by atoms with Crippen LogP contribution in [-0.2, 0) is 9.53 Å². The van der Waals surface area contributed by atoms with Gasteiger partial charge in [-0.1, -0.05) is 20.8 Å². The van der Waals surface area contributed by atoms with Gasteiger partial charge in [-0.25, -0.2) is 4.79 Å². The number of carboxylic acids is 1. The molecule has 1 fully saturated rings. The van der Waals surface area contributed by atoms with Crippen molar-refractivity contribution in [3.63, 3.8) is 0 Å². The van der Waals surface area contributed by atoms with E-state index in [0.717, 1.165) is 19.3 Å². The Labute approximate surface area is 116 Å². The average Bonchev–Trinajstić information content (AvgIpc) is 2.52. The van der Waals surface area contributed by atoms with Crippen LogP contribution < -0.4 is 0 Å². The highest BCUT2D eigenvalue weighted by Gasteiger charge is 2.42. The van der Waals surface area contributed by atoms with Gasteiger partial charge in [-0.05, 0) is 49.9 Å². The van der Waals surface area contributed by atoms with Crippen LogP contribution in [0.4, 0.5) is 0 Å². The summed E-state index contributed by atoms with van der Waals surface area (Å²) in [5, 5.41) is 18.3. The van der Waals surface area contributed by atoms with Crippen molar-refractivity contribution in [3.8, 4) is 0 Å². The van der Waals surface area contributed by atoms with Gasteiger partial charge < -0.3 is 14.9 Å². The zero-order valence-electron chi connectivity index (χ0n) is 12.4. The van der Waals surface area contributed by atoms with E-state index in [1.54, 1.807) is 0 Å². The molecule has 0 bridgehead atoms. The molecule has 0 aliphatic heterocycles. The molecule has 2 unspecified atom stereocenters. The van der Waals surface area contributed by atoms with Gasteiger partial charge in [0.2, 0.25) is 0 Å². The van der Waals surface area contributed by atoms with Gasteiger partial charge in [0.05, 0.1) is 6.61 Å². The van der Waals surface area contributed by atoms with Crippen LogP contribution in [0.25, 0.3) is 0 Å². The molecule has 19 heavy (non-hydrogen) atoms. The van der Waals surface area contributed by atoms with E-state index in [2.05, 4.69) is 20.8 Å². The van der Waals surface area contributed by atoms with Crippen molar-refractivity contribution in [2.45, 2.75) is 64.9 Å². The van der Waals surface area contributed by atoms with Crippen LogP contribution in [0.3, 0.4) is 0 Å². The topological polar surface area (TPSA) is 66.8 Å². The third-order valence-electron chi connectivity index (χ3n) is 4.33. The predicted molar refractivity (Wildman–Crippen MR) is 74.1 cm³/mol. The lowest BCUT2D eigenvalue weighted by molar-refractivity contribution is -0.168. The van der Waals surface area contributed by atoms with E-state index in [9.17, 15) is 9.90 Å². The molecule has 112 valence electrons. The molecule has 4 nitrogen and oxygen atoms in total. The minimum absolute atomic E-state index is 0.0420. The summed E-state index contributed by atoms with van der Waals surface area (Å²) < 4.78 is 5.65. The van der Waals surface area contributed by atoms with E-state index in [0.29, 0.717) is 31.8 Å². The fourth-order valence-corrected chi connectivity index (χ4v) is 2.93. The molecular weight excluding hydrogens is 244 g/mol. The largest absolute Gasteiger partial charge is 0.479 e. The highest BCUT2D eigenvalue weighted by Crippen LogP contribution is 2.41. The molecule has 0 aromatic rings. The molecule has 1 rings (SSSR count). The number of ether oxygens (including phenoxy) is 1. The number of aliphatic hydroxyl groups is 1. The van der Waals surface area contributed by atoms with Crippen LogP contribution in [0, 0.1) is 11.3 Å². The lowest BCUT2D eigenvalue weighted by atomic mass is 9.76. The van der Waals surface area contributed by atoms with Crippen molar-refractivity contribution < 1.29 is 19.7 Å². The van der Waals surface area contributed by atoms with E-state index >= 15 is 0 Å². The SMILES string of the molecule is CC(C)(C)C1CCCC(OCCCO)(C(=O)O)CC1. The number of hydrogen-bond acceptors (Lipinski definition) is 3. The highest BCUT2D eigenvalue weighted by atomic mass is 16.5. The van der Waals surface area contributed by atoms with Crippen molar-refractivity contribution in [1.82, 2.24) is 0 Å². The zero-order valence-corrected chi connectivity index (χ0v) is 12.4. The monoisotopic (exact) mass is 272 g/mol. The second-order valence-corrected chi connectivity index (χ2v) is 6.72. The van der Waals surface area contributed by atoms with Crippen molar-refractivity contribution in [1.29, 1.82) is 0 Å². The second kappa shape index (κ2) is 6.71. The van der Waals surface area contributed by atoms with Gasteiger partial charge in [0.1, 0.15) is 0 Å². The summed E-state index contributed by atoms with van der Waals surface area (Å²) in [6.07, 6.45) is 4.53. The molecule has 0 heterocycles. The highest BCUT2D eigenvalue weighted by molar-refractivity contribution is 5.77. The molecule has 0 aromatic heterocycles. The van der Waals surface area contributed by atoms with E-state index in [1.807, 2.05) is 0 Å². The first-order chi connectivity index (χ1) is 8.82. The first-order valence-corrected chi connectivity index (χ1v) is 7.30. The Kier molecular flexibility index (Phi) is 5.81. The fraction of sp³-hybridized carbons (Fsp3) is 0.933. The lowest BCUT2D eigenvalue weighted by Crippen LogP contribution is -2.41. The maximum atomic E-state index is 11.6. The number of hydrogen-bond donors (Lipinski definition) is 2. The Morgan fingerprint density at radius 1 is 1.32 bits per heavy atom. The molecule has 0 amide bonds. The molecule has 2 N–H and O–H groups in total. The quantitative estimate of drug-likeness (QED) is 0.596. The van der Waals surface area contributed by atoms with Gasteiger partial charge >= 0.3 is 5.97 Å². The Bertz CT molecular complexity index is 295. The van der Waals surface area contributed by atoms with Gasteiger partial charge in [-0.15, -0.1) is 0 Å². The smallest absolute Gasteiger partial charge is 0.335 e. The van der Waals surface area contributed by atoms with Gasteiger partial charge in [0, 0.05) is 6.61 Å². The normalized spacial score (nSPS) is 28.9. The minimum atomic E-state index is -1.03. The summed E-state index contributed by atoms with van der Waals surface area (Å²) >= 11 is 0. The average molecular weight is 272 g/mol. The number of aliphatic carboxylic acids is 1. The van der Waals surface area contributed by atoms with E-state index in [1.165, 1.54) is 0 Å². The third-order valence-corrected chi connectivity index (χ3v) is 4.33. The van der Waals surface area contributed by atoms with Crippen LogP contribution in [-0.4, -0.2) is 35.0 Å². The molecule has 0 aromatic carbocycles. The standard InChI is InChI=1S/C15H28O4/c1-14(2,3)12-6-4-8-15(9-7-12,13(17)18)19-11-5-10-16/h12,16H,4-11H2,1-3H3,(H,17,18). The summed E-state index contributed by atoms with van der Waals surface area (Å²) in [6, 6.07) is 0. The van der Waals surface area contributed by atoms with Crippen LogP contribution in [0.2, 0.25) is 0 Å². The Morgan fingerprint density at radius 2 is 2.00 bits per heavy atom. The minimum Gasteiger partial charge on any atom is -0.479 e. The molecule has 1 aliphatic rings. The molecule has 1 saturated carbocycles. The molecule has 0 saturated heterocycles. The summed E-state index contributed by atoms with van der Waals surface area (Å²) in [7, 11) is 0. The molecular formula is C15H28O4. The van der Waals surface area contributed by atoms with Crippen molar-refractivity contribution in [2.75, 3.05) is 13.2 Å². The van der Waals surface area contributed by atoms with Crippen LogP contribution >= 0.6 is 0 Å². The first-order valence-electron chi connectivity index (χ1n) is 7.30. The van der Waals surface area contributed by atoms with Crippen LogP contribution in [0.15, 0.2) is 0 Å². The molecule has 0 radical (unpaired) electrons. The second-order valence-electron chi connectivity index (χ2n) is 6.72. The van der Waals surface area contributed by atoms with Gasteiger partial charge in [-0.2, -0.15) is 0 Å². The molecule has 2 atom stereocenters. The van der Waals surface area contributed by atoms with Gasteiger partial charge in [-0.3, -0.25) is 0 Å². The van der Waals surface area contributed by atoms with Crippen molar-refractivity contribution in [3.05, 3.63) is 0 Å². The Balaban J connectivity index is 2.70. The van der Waals surface area contributed by atoms with E-state index < -0.39 is 11.6 Å². The predicted octanol–water partition coefficient (Wildman–Crippen LogP) is 2.84. The van der Waals surface area contributed by atoms with Crippen LogP contribution in [0.5, 0.6) is 0 Å². The Morgan fingerprint density at radius 3 is 2.53 bits per heavy atom. The summed E-state index contributed by atoms with van der Waals surface area (Å²) in [4.78, 5) is 11.6. The third kappa shape index (κ3) is 4.46. The molecule has 4 heteroatoms. The number of carbonyl (C=O) groups is 1. The number of rotatable bonds is 5. The van der Waals surface area contributed by atoms with Crippen LogP contribution in [0.1, 0.15) is 59.3 Å². The summed E-state index contributed by atoms with van der Waals surface area (Å²) in [5.74, 6) is -0.296. The summed E-state index contributed by atoms with van der Waals surface area (Å²) in [5.41, 5.74) is -0.811. The van der Waals surface area contributed by atoms with Gasteiger partial charge in [0.25, 0.3) is 0 Å². The number of carboxylic acid groups (broad SMARTS) is 1. The molecule has 0 spiro atoms. The van der Waals surface area contributed by atoms with Gasteiger partial charge in [0.15, 0.2) is 5.60 Å². The Hall–Kier alpha value is -0.610. The number of aliphatic hydroxyl groups excluding tert-OH is 1. The lowest BCUT2D eigenvalue weighted by Gasteiger charge is -2.31. The van der Waals surface area contributed by atoms with E-state index in [4.69, 9.17) is 9.84 Å². The fourth-order valence-electron chi connectivity index (χ4n) is 2.93. The molecule has 1 aliphatic carbocycles. The first kappa shape index (κ1) is 16.4. The van der Waals surface area contributed by atoms with Crippen molar-refractivity contribution in [2.24, 2.45) is 11.3 Å². The van der Waals surface area contributed by atoms with E-state index in [-0.39, 0.29) is 12.0 Å². The summed E-state index contributed by atoms with van der Waals surface area (Å²) in [6.45, 7) is 7.03. The maximum absolute atomic E-state index is 11.6. The maximum Gasteiger partial charge on any atom is 0.335 e. The van der Waals surface area contributed by atoms with Crippen molar-refractivity contribution >= 4 is 5.97 Å².